The van der Waals surface area contributed by atoms with E-state index in [4.69, 9.17) is 5.73 Å². The average Bonchev–Trinajstić information content (AvgIpc) is 2.44. The quantitative estimate of drug-likeness (QED) is 0.729. The van der Waals surface area contributed by atoms with Gasteiger partial charge in [0.15, 0.2) is 0 Å². The van der Waals surface area contributed by atoms with E-state index in [1.807, 2.05) is 6.07 Å². The molecule has 0 saturated carbocycles. The first kappa shape index (κ1) is 17.5. The molecular formula is C16H31N5. The van der Waals surface area contributed by atoms with Crippen molar-refractivity contribution in [3.05, 3.63) is 6.07 Å². The Kier molecular flexibility index (Phi) is 7.26. The normalized spacial score (nSPS) is 11.2. The largest absolute Gasteiger partial charge is 0.370 e. The molecule has 0 fully saturated rings. The molecule has 0 radical (unpaired) electrons. The van der Waals surface area contributed by atoms with Gasteiger partial charge in [0.1, 0.15) is 11.6 Å². The maximum Gasteiger partial charge on any atom is 0.223 e. The lowest BCUT2D eigenvalue weighted by atomic mass is 10.1. The van der Waals surface area contributed by atoms with Crippen LogP contribution < -0.4 is 16.0 Å². The fourth-order valence-electron chi connectivity index (χ4n) is 2.50. The van der Waals surface area contributed by atoms with E-state index >= 15 is 0 Å². The van der Waals surface area contributed by atoms with Gasteiger partial charge in [0.25, 0.3) is 0 Å². The first-order chi connectivity index (χ1) is 10.0. The Balaban J connectivity index is 3.07. The molecule has 0 atom stereocenters. The molecule has 0 aromatic carbocycles. The molecule has 120 valence electrons. The lowest BCUT2D eigenvalue weighted by Crippen LogP contribution is -2.38. The number of aromatic nitrogens is 2. The SMILES string of the molecule is CCCNc1cc(N(CC(C)C)C(CC)CC)nc(N)n1. The molecule has 1 heterocycles. The van der Waals surface area contributed by atoms with Gasteiger partial charge in [-0.3, -0.25) is 0 Å². The van der Waals surface area contributed by atoms with Crippen LogP contribution in [0.2, 0.25) is 0 Å². The van der Waals surface area contributed by atoms with Gasteiger partial charge in [-0.05, 0) is 25.2 Å². The molecule has 0 amide bonds. The number of nitrogens with zero attached hydrogens (tertiary/aromatic N) is 3. The first-order valence-electron chi connectivity index (χ1n) is 8.16. The van der Waals surface area contributed by atoms with E-state index in [-0.39, 0.29) is 0 Å². The number of rotatable bonds is 9. The van der Waals surface area contributed by atoms with Gasteiger partial charge in [-0.25, -0.2) is 0 Å². The minimum absolute atomic E-state index is 0.339. The van der Waals surface area contributed by atoms with E-state index in [1.165, 1.54) is 0 Å². The summed E-state index contributed by atoms with van der Waals surface area (Å²) in [4.78, 5) is 11.1. The number of anilines is 3. The fourth-order valence-corrected chi connectivity index (χ4v) is 2.50. The van der Waals surface area contributed by atoms with Gasteiger partial charge in [-0.15, -0.1) is 0 Å². The summed E-state index contributed by atoms with van der Waals surface area (Å²) in [6, 6.07) is 2.51. The fraction of sp³-hybridized carbons (Fsp3) is 0.750. The molecule has 0 aliphatic heterocycles. The summed E-state index contributed by atoms with van der Waals surface area (Å²) in [5, 5.41) is 3.30. The Morgan fingerprint density at radius 3 is 2.38 bits per heavy atom. The third kappa shape index (κ3) is 5.40. The molecule has 0 bridgehead atoms. The highest BCUT2D eigenvalue weighted by Gasteiger charge is 2.19. The topological polar surface area (TPSA) is 67.1 Å². The minimum Gasteiger partial charge on any atom is -0.370 e. The second kappa shape index (κ2) is 8.70. The molecule has 1 rings (SSSR count). The summed E-state index contributed by atoms with van der Waals surface area (Å²) >= 11 is 0. The van der Waals surface area contributed by atoms with Crippen molar-refractivity contribution in [2.24, 2.45) is 5.92 Å². The van der Waals surface area contributed by atoms with Crippen molar-refractivity contribution >= 4 is 17.6 Å². The number of nitrogens with two attached hydrogens (primary N) is 1. The summed E-state index contributed by atoms with van der Waals surface area (Å²) in [7, 11) is 0. The number of hydrogen-bond donors (Lipinski definition) is 2. The lowest BCUT2D eigenvalue weighted by molar-refractivity contribution is 0.503. The number of nitrogens with one attached hydrogen (secondary N) is 1. The standard InChI is InChI=1S/C16H31N5/c1-6-9-18-14-10-15(20-16(17)19-14)21(11-12(4)5)13(7-2)8-3/h10,12-13H,6-9,11H2,1-5H3,(H3,17,18,19,20). The third-order valence-corrected chi connectivity index (χ3v) is 3.53. The van der Waals surface area contributed by atoms with Crippen molar-refractivity contribution in [1.29, 1.82) is 0 Å². The minimum atomic E-state index is 0.339. The molecule has 5 heteroatoms. The van der Waals surface area contributed by atoms with Crippen LogP contribution in [-0.4, -0.2) is 29.1 Å². The third-order valence-electron chi connectivity index (χ3n) is 3.53. The predicted octanol–water partition coefficient (Wildman–Crippen LogP) is 3.53. The summed E-state index contributed by atoms with van der Waals surface area (Å²) in [6.45, 7) is 12.9. The highest BCUT2D eigenvalue weighted by atomic mass is 15.2. The van der Waals surface area contributed by atoms with Gasteiger partial charge in [-0.1, -0.05) is 34.6 Å². The number of hydrogen-bond acceptors (Lipinski definition) is 5. The molecule has 0 unspecified atom stereocenters. The van der Waals surface area contributed by atoms with E-state index in [0.29, 0.717) is 17.9 Å². The van der Waals surface area contributed by atoms with Gasteiger partial charge in [0.2, 0.25) is 5.95 Å². The van der Waals surface area contributed by atoms with Gasteiger partial charge < -0.3 is 16.0 Å². The lowest BCUT2D eigenvalue weighted by Gasteiger charge is -2.33. The molecule has 0 aliphatic rings. The van der Waals surface area contributed by atoms with E-state index in [0.717, 1.165) is 44.0 Å². The van der Waals surface area contributed by atoms with Crippen molar-refractivity contribution in [3.63, 3.8) is 0 Å². The molecule has 5 nitrogen and oxygen atoms in total. The highest BCUT2D eigenvalue weighted by molar-refractivity contribution is 5.53. The first-order valence-corrected chi connectivity index (χ1v) is 8.16. The molecule has 21 heavy (non-hydrogen) atoms. The van der Waals surface area contributed by atoms with Crippen LogP contribution in [0.4, 0.5) is 17.6 Å². The zero-order valence-corrected chi connectivity index (χ0v) is 14.2. The molecule has 1 aromatic rings. The van der Waals surface area contributed by atoms with Gasteiger partial charge >= 0.3 is 0 Å². The Morgan fingerprint density at radius 2 is 1.86 bits per heavy atom. The Bertz CT molecular complexity index is 415. The summed E-state index contributed by atoms with van der Waals surface area (Å²) in [5.41, 5.74) is 5.89. The molecule has 0 saturated heterocycles. The highest BCUT2D eigenvalue weighted by Crippen LogP contribution is 2.23. The van der Waals surface area contributed by atoms with Crippen molar-refractivity contribution in [3.8, 4) is 0 Å². The molecular weight excluding hydrogens is 262 g/mol. The molecule has 1 aromatic heterocycles. The van der Waals surface area contributed by atoms with Crippen molar-refractivity contribution in [1.82, 2.24) is 9.97 Å². The predicted molar refractivity (Wildman–Crippen MR) is 91.8 cm³/mol. The van der Waals surface area contributed by atoms with Crippen molar-refractivity contribution in [2.45, 2.75) is 59.9 Å². The summed E-state index contributed by atoms with van der Waals surface area (Å²) in [6.07, 6.45) is 3.26. The van der Waals surface area contributed by atoms with Crippen LogP contribution in [0.15, 0.2) is 6.07 Å². The second-order valence-electron chi connectivity index (χ2n) is 5.91. The smallest absolute Gasteiger partial charge is 0.223 e. The van der Waals surface area contributed by atoms with Crippen LogP contribution in [0, 0.1) is 5.92 Å². The van der Waals surface area contributed by atoms with Crippen LogP contribution >= 0.6 is 0 Å². The number of nitrogen functional groups attached to an aromatic ring is 1. The van der Waals surface area contributed by atoms with Gasteiger partial charge in [0, 0.05) is 25.2 Å². The van der Waals surface area contributed by atoms with Gasteiger partial charge in [-0.2, -0.15) is 9.97 Å². The van der Waals surface area contributed by atoms with Crippen molar-refractivity contribution in [2.75, 3.05) is 29.0 Å². The van der Waals surface area contributed by atoms with Crippen LogP contribution in [0.25, 0.3) is 0 Å². The van der Waals surface area contributed by atoms with Crippen molar-refractivity contribution < 1.29 is 0 Å². The van der Waals surface area contributed by atoms with Crippen LogP contribution in [-0.2, 0) is 0 Å². The van der Waals surface area contributed by atoms with E-state index in [9.17, 15) is 0 Å². The van der Waals surface area contributed by atoms with Crippen LogP contribution in [0.3, 0.4) is 0 Å². The Morgan fingerprint density at radius 1 is 1.19 bits per heavy atom. The molecule has 0 aliphatic carbocycles. The zero-order chi connectivity index (χ0) is 15.8. The monoisotopic (exact) mass is 293 g/mol. The zero-order valence-electron chi connectivity index (χ0n) is 14.2. The van der Waals surface area contributed by atoms with E-state index in [1.54, 1.807) is 0 Å². The van der Waals surface area contributed by atoms with E-state index in [2.05, 4.69) is 54.8 Å². The maximum absolute atomic E-state index is 5.89. The summed E-state index contributed by atoms with van der Waals surface area (Å²) < 4.78 is 0. The molecule has 3 N–H and O–H groups in total. The Labute approximate surface area is 129 Å². The summed E-state index contributed by atoms with van der Waals surface area (Å²) in [5.74, 6) is 2.67. The average molecular weight is 293 g/mol. The second-order valence-corrected chi connectivity index (χ2v) is 5.91. The Hall–Kier alpha value is -1.52. The van der Waals surface area contributed by atoms with Crippen LogP contribution in [0.5, 0.6) is 0 Å². The van der Waals surface area contributed by atoms with Gasteiger partial charge in [0.05, 0.1) is 0 Å². The van der Waals surface area contributed by atoms with E-state index < -0.39 is 0 Å². The molecule has 0 spiro atoms. The van der Waals surface area contributed by atoms with Crippen LogP contribution in [0.1, 0.15) is 53.9 Å². The maximum atomic E-state index is 5.89.